The smallest absolute Gasteiger partial charge is 0.223 e. The number of benzene rings is 5. The van der Waals surface area contributed by atoms with Gasteiger partial charge in [0.15, 0.2) is 11.6 Å². The number of hydrogen-bond acceptors (Lipinski definition) is 10. The highest BCUT2D eigenvalue weighted by Gasteiger charge is 2.58. The molecule has 1 saturated heterocycles. The molecule has 6 rings (SSSR count). The van der Waals surface area contributed by atoms with Gasteiger partial charge in [0, 0.05) is 25.3 Å². The van der Waals surface area contributed by atoms with Crippen LogP contribution in [0, 0.1) is 5.82 Å². The molecule has 0 amide bonds. The van der Waals surface area contributed by atoms with Crippen LogP contribution in [0.25, 0.3) is 0 Å². The number of ether oxygens (including phenoxy) is 9. The summed E-state index contributed by atoms with van der Waals surface area (Å²) in [6, 6.07) is 41.8. The highest BCUT2D eigenvalue weighted by Crippen LogP contribution is 2.44. The first-order valence-corrected chi connectivity index (χ1v) is 20.6. The molecule has 11 heteroatoms. The van der Waals surface area contributed by atoms with Gasteiger partial charge in [-0.05, 0) is 67.6 Å². The Bertz CT molecular complexity index is 2050. The van der Waals surface area contributed by atoms with E-state index in [1.807, 2.05) is 121 Å². The molecule has 0 aromatic heterocycles. The molecule has 1 aliphatic heterocycles. The Balaban J connectivity index is 1.50. The van der Waals surface area contributed by atoms with Gasteiger partial charge in [0.25, 0.3) is 0 Å². The largest absolute Gasteiger partial charge is 0.374 e. The van der Waals surface area contributed by atoms with Crippen LogP contribution in [0.3, 0.4) is 0 Å². The molecular formula is C50H59FO10. The Morgan fingerprint density at radius 3 is 1.46 bits per heavy atom. The summed E-state index contributed by atoms with van der Waals surface area (Å²) >= 11 is 0. The average molecular weight is 839 g/mol. The molecule has 61 heavy (non-hydrogen) atoms. The van der Waals surface area contributed by atoms with E-state index in [0.717, 1.165) is 22.3 Å². The highest BCUT2D eigenvalue weighted by molar-refractivity contribution is 5.38. The summed E-state index contributed by atoms with van der Waals surface area (Å²) in [5.41, 5.74) is 4.27. The molecule has 0 saturated carbocycles. The van der Waals surface area contributed by atoms with Gasteiger partial charge in [-0.3, -0.25) is 0 Å². The second kappa shape index (κ2) is 21.6. The maximum absolute atomic E-state index is 16.3. The van der Waals surface area contributed by atoms with Crippen LogP contribution >= 0.6 is 0 Å². The summed E-state index contributed by atoms with van der Waals surface area (Å²) in [5, 5.41) is 13.6. The van der Waals surface area contributed by atoms with Gasteiger partial charge in [-0.2, -0.15) is 0 Å². The van der Waals surface area contributed by atoms with E-state index in [2.05, 4.69) is 0 Å². The normalized spacial score (nSPS) is 20.8. The fourth-order valence-corrected chi connectivity index (χ4v) is 6.91. The van der Waals surface area contributed by atoms with Gasteiger partial charge in [0.05, 0.1) is 46.2 Å². The second-order valence-corrected chi connectivity index (χ2v) is 16.0. The molecule has 5 aromatic carbocycles. The van der Waals surface area contributed by atoms with Crippen LogP contribution in [0.1, 0.15) is 66.6 Å². The van der Waals surface area contributed by atoms with Gasteiger partial charge < -0.3 is 47.7 Å². The molecule has 1 heterocycles. The van der Waals surface area contributed by atoms with Crippen LogP contribution in [0.5, 0.6) is 0 Å². The van der Waals surface area contributed by atoms with Crippen molar-refractivity contribution >= 4 is 0 Å². The molecule has 326 valence electrons. The molecule has 10 nitrogen and oxygen atoms in total. The summed E-state index contributed by atoms with van der Waals surface area (Å²) in [6.07, 6.45) is -4.00. The summed E-state index contributed by atoms with van der Waals surface area (Å²) < 4.78 is 73.4. The minimum absolute atomic E-state index is 0.00497. The van der Waals surface area contributed by atoms with Gasteiger partial charge >= 0.3 is 0 Å². The quantitative estimate of drug-likeness (QED) is 0.0680. The Hall–Kier alpha value is -4.37. The van der Waals surface area contributed by atoms with E-state index >= 15 is 4.39 Å². The number of rotatable bonds is 22. The van der Waals surface area contributed by atoms with Crippen LogP contribution in [0.4, 0.5) is 4.39 Å². The first-order valence-electron chi connectivity index (χ1n) is 20.6. The van der Waals surface area contributed by atoms with E-state index in [0.29, 0.717) is 5.56 Å². The zero-order valence-electron chi connectivity index (χ0n) is 36.0. The van der Waals surface area contributed by atoms with Gasteiger partial charge in [-0.15, -0.1) is 0 Å². The van der Waals surface area contributed by atoms with Crippen molar-refractivity contribution in [3.63, 3.8) is 0 Å². The highest BCUT2D eigenvalue weighted by atomic mass is 19.1. The fourth-order valence-electron chi connectivity index (χ4n) is 6.91. The lowest BCUT2D eigenvalue weighted by atomic mass is 9.84. The molecule has 0 spiro atoms. The van der Waals surface area contributed by atoms with Crippen molar-refractivity contribution in [1.82, 2.24) is 0 Å². The maximum atomic E-state index is 16.3. The van der Waals surface area contributed by atoms with Crippen molar-refractivity contribution in [2.45, 2.75) is 109 Å². The molecular weight excluding hydrogens is 780 g/mol. The topological polar surface area (TPSA) is 103 Å². The SMILES string of the molecule is COC(C)(C)OCc1cc(C2(O)O[C@H](COCc3ccccc3)[C@@H](OCc3ccccc3)[C@H](OCc3ccccc3)[C@H]2OCc2ccccc2)c(COC(C)(C)OC)cc1F. The number of aliphatic hydroxyl groups is 1. The Morgan fingerprint density at radius 2 is 0.984 bits per heavy atom. The summed E-state index contributed by atoms with van der Waals surface area (Å²) in [4.78, 5) is 0. The van der Waals surface area contributed by atoms with E-state index in [9.17, 15) is 5.11 Å². The van der Waals surface area contributed by atoms with E-state index in [1.165, 1.54) is 20.3 Å². The van der Waals surface area contributed by atoms with Crippen molar-refractivity contribution in [3.05, 3.63) is 178 Å². The molecule has 1 N–H and O–H groups in total. The summed E-state index contributed by atoms with van der Waals surface area (Å²) in [5.74, 6) is -4.96. The third-order valence-electron chi connectivity index (χ3n) is 10.7. The molecule has 1 fully saturated rings. The van der Waals surface area contributed by atoms with Gasteiger partial charge in [-0.1, -0.05) is 121 Å². The van der Waals surface area contributed by atoms with Crippen LogP contribution in [-0.4, -0.2) is 61.9 Å². The molecule has 5 aromatic rings. The summed E-state index contributed by atoms with van der Waals surface area (Å²) in [7, 11) is 3.04. The van der Waals surface area contributed by atoms with Crippen LogP contribution < -0.4 is 0 Å². The molecule has 0 aliphatic carbocycles. The van der Waals surface area contributed by atoms with E-state index in [4.69, 9.17) is 42.6 Å². The summed E-state index contributed by atoms with van der Waals surface area (Å²) in [6.45, 7) is 7.32. The second-order valence-electron chi connectivity index (χ2n) is 16.0. The number of hydrogen-bond donors (Lipinski definition) is 1. The van der Waals surface area contributed by atoms with Crippen LogP contribution in [0.2, 0.25) is 0 Å². The molecule has 0 bridgehead atoms. The third-order valence-corrected chi connectivity index (χ3v) is 10.7. The van der Waals surface area contributed by atoms with E-state index in [-0.39, 0.29) is 57.4 Å². The van der Waals surface area contributed by atoms with Gasteiger partial charge in [-0.25, -0.2) is 4.39 Å². The minimum atomic E-state index is -2.31. The molecule has 1 aliphatic rings. The lowest BCUT2D eigenvalue weighted by molar-refractivity contribution is -0.379. The van der Waals surface area contributed by atoms with Crippen molar-refractivity contribution in [3.8, 4) is 0 Å². The maximum Gasteiger partial charge on any atom is 0.223 e. The lowest BCUT2D eigenvalue weighted by Gasteiger charge is -2.51. The zero-order valence-corrected chi connectivity index (χ0v) is 36.0. The number of halogens is 1. The molecule has 1 unspecified atom stereocenters. The molecule has 0 radical (unpaired) electrons. The standard InChI is InChI=1S/C50H59FO10/c1-48(2,53-5)59-33-40-28-43(51)41(34-60-49(3,4)54-6)27-42(40)50(52)47(58-32-39-25-17-10-18-26-39)46(57-31-38-23-15-9-16-24-38)45(56-30-37-21-13-8-14-22-37)44(61-50)35-55-29-36-19-11-7-12-20-36/h7-28,44-47,52H,29-35H2,1-6H3/t44-,45-,46+,47-,50?/m1/s1. The van der Waals surface area contributed by atoms with Crippen LogP contribution in [-0.2, 0) is 88.1 Å². The van der Waals surface area contributed by atoms with Crippen molar-refractivity contribution in [1.29, 1.82) is 0 Å². The first-order chi connectivity index (χ1) is 29.4. The first kappa shape index (κ1) is 46.1. The van der Waals surface area contributed by atoms with Crippen molar-refractivity contribution in [2.75, 3.05) is 20.8 Å². The van der Waals surface area contributed by atoms with E-state index < -0.39 is 47.6 Å². The van der Waals surface area contributed by atoms with Crippen LogP contribution in [0.15, 0.2) is 133 Å². The van der Waals surface area contributed by atoms with Crippen molar-refractivity contribution in [2.24, 2.45) is 0 Å². The Labute approximate surface area is 359 Å². The average Bonchev–Trinajstić information content (AvgIpc) is 3.28. The monoisotopic (exact) mass is 838 g/mol. The fraction of sp³-hybridized carbons (Fsp3) is 0.400. The number of methoxy groups -OCH3 is 2. The third kappa shape index (κ3) is 12.8. The Morgan fingerprint density at radius 1 is 0.557 bits per heavy atom. The zero-order chi connectivity index (χ0) is 43.3. The predicted molar refractivity (Wildman–Crippen MR) is 228 cm³/mol. The van der Waals surface area contributed by atoms with Crippen molar-refractivity contribution < 1.29 is 52.1 Å². The lowest BCUT2D eigenvalue weighted by Crippen LogP contribution is -2.66. The predicted octanol–water partition coefficient (Wildman–Crippen LogP) is 9.14. The Kier molecular flexibility index (Phi) is 16.4. The van der Waals surface area contributed by atoms with Gasteiger partial charge in [0.2, 0.25) is 5.79 Å². The van der Waals surface area contributed by atoms with Gasteiger partial charge in [0.1, 0.15) is 30.2 Å². The minimum Gasteiger partial charge on any atom is -0.374 e. The molecule has 5 atom stereocenters. The van der Waals surface area contributed by atoms with E-state index in [1.54, 1.807) is 33.8 Å².